The summed E-state index contributed by atoms with van der Waals surface area (Å²) in [5.74, 6) is 0.446. The summed E-state index contributed by atoms with van der Waals surface area (Å²) < 4.78 is 11.2. The number of hydrogen-bond acceptors (Lipinski definition) is 4. The van der Waals surface area contributed by atoms with E-state index in [0.717, 1.165) is 16.7 Å². The molecule has 1 unspecified atom stereocenters. The van der Waals surface area contributed by atoms with E-state index in [9.17, 15) is 9.59 Å². The van der Waals surface area contributed by atoms with Crippen molar-refractivity contribution in [2.75, 3.05) is 5.32 Å². The van der Waals surface area contributed by atoms with Gasteiger partial charge in [-0.2, -0.15) is 0 Å². The van der Waals surface area contributed by atoms with E-state index in [-0.39, 0.29) is 12.0 Å². The highest BCUT2D eigenvalue weighted by Crippen LogP contribution is 2.31. The summed E-state index contributed by atoms with van der Waals surface area (Å²) in [7, 11) is 0. The minimum absolute atomic E-state index is 0.182. The molecule has 29 heavy (non-hydrogen) atoms. The molecule has 0 spiro atoms. The molecule has 1 atom stereocenters. The van der Waals surface area contributed by atoms with Gasteiger partial charge in [0.2, 0.25) is 0 Å². The maximum atomic E-state index is 12.8. The van der Waals surface area contributed by atoms with Gasteiger partial charge in [-0.1, -0.05) is 35.9 Å². The molecule has 0 radical (unpaired) electrons. The Kier molecular flexibility index (Phi) is 5.82. The second kappa shape index (κ2) is 8.15. The lowest BCUT2D eigenvalue weighted by Crippen LogP contribution is -2.36. The molecule has 6 heteroatoms. The fraction of sp³-hybridized carbons (Fsp3) is 0.391. The topological polar surface area (TPSA) is 67.9 Å². The van der Waals surface area contributed by atoms with Crippen LogP contribution in [0.25, 0.3) is 0 Å². The normalized spacial score (nSPS) is 15.8. The van der Waals surface area contributed by atoms with Crippen LogP contribution in [0.4, 0.5) is 10.5 Å². The molecule has 2 aromatic rings. The van der Waals surface area contributed by atoms with Gasteiger partial charge >= 0.3 is 6.09 Å². The van der Waals surface area contributed by atoms with Crippen LogP contribution in [0.5, 0.6) is 5.75 Å². The van der Waals surface area contributed by atoms with Crippen molar-refractivity contribution >= 4 is 17.7 Å². The van der Waals surface area contributed by atoms with Gasteiger partial charge < -0.3 is 14.8 Å². The van der Waals surface area contributed by atoms with E-state index < -0.39 is 11.7 Å². The Morgan fingerprint density at radius 3 is 2.38 bits per heavy atom. The molecule has 1 N–H and O–H groups in total. The monoisotopic (exact) mass is 396 g/mol. The average molecular weight is 396 g/mol. The highest BCUT2D eigenvalue weighted by molar-refractivity contribution is 5.97. The van der Waals surface area contributed by atoms with E-state index in [0.29, 0.717) is 24.5 Å². The molecule has 3 rings (SSSR count). The Morgan fingerprint density at radius 1 is 1.10 bits per heavy atom. The van der Waals surface area contributed by atoms with Crippen molar-refractivity contribution in [1.29, 1.82) is 0 Å². The number of nitrogens with zero attached hydrogens (tertiary/aromatic N) is 1. The second-order valence-corrected chi connectivity index (χ2v) is 8.40. The van der Waals surface area contributed by atoms with Gasteiger partial charge in [-0.25, -0.2) is 4.79 Å². The fourth-order valence-corrected chi connectivity index (χ4v) is 3.00. The summed E-state index contributed by atoms with van der Waals surface area (Å²) in [6.07, 6.45) is -0.905. The summed E-state index contributed by atoms with van der Waals surface area (Å²) >= 11 is 0. The van der Waals surface area contributed by atoms with Gasteiger partial charge in [-0.05, 0) is 57.9 Å². The number of rotatable bonds is 4. The lowest BCUT2D eigenvalue weighted by Gasteiger charge is -2.28. The lowest BCUT2D eigenvalue weighted by atomic mass is 10.1. The number of aryl methyl sites for hydroxylation is 1. The smallest absolute Gasteiger partial charge is 0.410 e. The van der Waals surface area contributed by atoms with Gasteiger partial charge in [-0.3, -0.25) is 9.69 Å². The molecule has 2 amide bonds. The van der Waals surface area contributed by atoms with Crippen LogP contribution >= 0.6 is 0 Å². The van der Waals surface area contributed by atoms with Crippen LogP contribution in [0.3, 0.4) is 0 Å². The van der Waals surface area contributed by atoms with Crippen LogP contribution in [0.1, 0.15) is 44.4 Å². The lowest BCUT2D eigenvalue weighted by molar-refractivity contribution is -0.122. The van der Waals surface area contributed by atoms with Crippen LogP contribution in [0.15, 0.2) is 42.5 Å². The Morgan fingerprint density at radius 2 is 1.72 bits per heavy atom. The van der Waals surface area contributed by atoms with Crippen molar-refractivity contribution in [3.8, 4) is 5.75 Å². The van der Waals surface area contributed by atoms with Crippen LogP contribution in [0.2, 0.25) is 0 Å². The first kappa shape index (κ1) is 20.7. The van der Waals surface area contributed by atoms with Crippen LogP contribution in [-0.2, 0) is 22.6 Å². The molecular formula is C23H28N2O4. The number of anilines is 1. The number of benzene rings is 2. The number of ether oxygens (including phenoxy) is 2. The second-order valence-electron chi connectivity index (χ2n) is 8.40. The molecule has 0 aliphatic carbocycles. The molecule has 0 fully saturated rings. The van der Waals surface area contributed by atoms with Crippen molar-refractivity contribution in [1.82, 2.24) is 4.90 Å². The van der Waals surface area contributed by atoms with Gasteiger partial charge in [0.15, 0.2) is 6.10 Å². The molecule has 1 heterocycles. The maximum absolute atomic E-state index is 12.8. The Labute approximate surface area is 171 Å². The fourth-order valence-electron chi connectivity index (χ4n) is 3.00. The molecule has 0 saturated carbocycles. The van der Waals surface area contributed by atoms with Gasteiger partial charge in [0.1, 0.15) is 11.4 Å². The van der Waals surface area contributed by atoms with Crippen molar-refractivity contribution in [3.63, 3.8) is 0 Å². The molecule has 154 valence electrons. The minimum atomic E-state index is -0.587. The number of carbonyl (C=O) groups excluding carboxylic acids is 2. The summed E-state index contributed by atoms with van der Waals surface area (Å²) in [5.41, 5.74) is 3.09. The average Bonchev–Trinajstić information content (AvgIpc) is 2.62. The summed E-state index contributed by atoms with van der Waals surface area (Å²) in [6.45, 7) is 10.1. The molecule has 1 aliphatic heterocycles. The van der Waals surface area contributed by atoms with E-state index in [1.54, 1.807) is 11.8 Å². The predicted octanol–water partition coefficient (Wildman–Crippen LogP) is 4.65. The molecule has 0 bridgehead atoms. The Hall–Kier alpha value is -3.02. The summed E-state index contributed by atoms with van der Waals surface area (Å²) in [6, 6.07) is 13.6. The Bertz CT molecular complexity index is 900. The first-order chi connectivity index (χ1) is 13.6. The third kappa shape index (κ3) is 5.50. The third-order valence-electron chi connectivity index (χ3n) is 4.49. The third-order valence-corrected chi connectivity index (χ3v) is 4.49. The van der Waals surface area contributed by atoms with Crippen molar-refractivity contribution in [3.05, 3.63) is 59.2 Å². The predicted molar refractivity (Wildman–Crippen MR) is 112 cm³/mol. The molecule has 2 aromatic carbocycles. The minimum Gasteiger partial charge on any atom is -0.479 e. The molecule has 6 nitrogen and oxygen atoms in total. The Balaban J connectivity index is 1.82. The van der Waals surface area contributed by atoms with E-state index in [1.807, 2.05) is 70.2 Å². The first-order valence-electron chi connectivity index (χ1n) is 9.74. The van der Waals surface area contributed by atoms with Gasteiger partial charge in [-0.15, -0.1) is 0 Å². The van der Waals surface area contributed by atoms with Crippen LogP contribution in [0, 0.1) is 6.92 Å². The number of nitrogens with one attached hydrogen (secondary N) is 1. The van der Waals surface area contributed by atoms with Gasteiger partial charge in [0.05, 0.1) is 5.69 Å². The highest BCUT2D eigenvalue weighted by atomic mass is 16.6. The van der Waals surface area contributed by atoms with Gasteiger partial charge in [0.25, 0.3) is 5.91 Å². The zero-order chi connectivity index (χ0) is 21.2. The zero-order valence-corrected chi connectivity index (χ0v) is 17.6. The molecule has 1 aliphatic rings. The summed E-state index contributed by atoms with van der Waals surface area (Å²) in [4.78, 5) is 26.4. The maximum Gasteiger partial charge on any atom is 0.410 e. The quantitative estimate of drug-likeness (QED) is 0.817. The first-order valence-corrected chi connectivity index (χ1v) is 9.74. The standard InChI is InChI=1S/C23H28N2O4/c1-15-6-8-17(9-7-15)13-25(22(27)29-23(3,4)5)14-18-10-11-20-19(12-18)24-21(26)16(2)28-20/h6-12,16H,13-14H2,1-5H3,(H,24,26). The molecule has 0 saturated heterocycles. The number of amides is 2. The van der Waals surface area contributed by atoms with Gasteiger partial charge in [0, 0.05) is 13.1 Å². The van der Waals surface area contributed by atoms with Crippen molar-refractivity contribution in [2.45, 2.75) is 59.4 Å². The van der Waals surface area contributed by atoms with Crippen molar-refractivity contribution in [2.24, 2.45) is 0 Å². The molecule has 0 aromatic heterocycles. The van der Waals surface area contributed by atoms with E-state index in [1.165, 1.54) is 0 Å². The number of fused-ring (bicyclic) bond motifs is 1. The van der Waals surface area contributed by atoms with Crippen molar-refractivity contribution < 1.29 is 19.1 Å². The largest absolute Gasteiger partial charge is 0.479 e. The van der Waals surface area contributed by atoms with E-state index in [2.05, 4.69) is 5.32 Å². The summed E-state index contributed by atoms with van der Waals surface area (Å²) in [5, 5.41) is 2.85. The van der Waals surface area contributed by atoms with Crippen LogP contribution < -0.4 is 10.1 Å². The van der Waals surface area contributed by atoms with Crippen LogP contribution in [-0.4, -0.2) is 28.6 Å². The van der Waals surface area contributed by atoms with E-state index >= 15 is 0 Å². The zero-order valence-electron chi connectivity index (χ0n) is 17.6. The van der Waals surface area contributed by atoms with E-state index in [4.69, 9.17) is 9.47 Å². The highest BCUT2D eigenvalue weighted by Gasteiger charge is 2.25. The number of carbonyl (C=O) groups is 2. The number of hydrogen-bond donors (Lipinski definition) is 1. The SMILES string of the molecule is Cc1ccc(CN(Cc2ccc3c(c2)NC(=O)C(C)O3)C(=O)OC(C)(C)C)cc1. The molecular weight excluding hydrogens is 368 g/mol.